The van der Waals surface area contributed by atoms with Crippen LogP contribution in [0.1, 0.15) is 82.9 Å². The van der Waals surface area contributed by atoms with Gasteiger partial charge in [-0.3, -0.25) is 9.59 Å². The number of likely N-dealkylation sites (tertiary alicyclic amines) is 1. The fraction of sp³-hybridized carbons (Fsp3) is 0.590. The number of sulfone groups is 1. The van der Waals surface area contributed by atoms with E-state index in [-0.39, 0.29) is 37.3 Å². The number of hydrogen-bond donors (Lipinski definition) is 5. The summed E-state index contributed by atoms with van der Waals surface area (Å²) in [7, 11) is -4.15. The third kappa shape index (κ3) is 15.9. The van der Waals surface area contributed by atoms with Crippen molar-refractivity contribution in [2.24, 2.45) is 5.73 Å². The van der Waals surface area contributed by atoms with Crippen LogP contribution in [0, 0.1) is 11.6 Å². The lowest BCUT2D eigenvalue weighted by Gasteiger charge is -2.35. The van der Waals surface area contributed by atoms with Crippen LogP contribution in [0.4, 0.5) is 22.0 Å². The van der Waals surface area contributed by atoms with Gasteiger partial charge in [-0.2, -0.15) is 13.2 Å². The number of piperidine rings is 1. The zero-order valence-corrected chi connectivity index (χ0v) is 33.9. The van der Waals surface area contributed by atoms with Gasteiger partial charge in [0.15, 0.2) is 9.84 Å². The average molecular weight is 851 g/mol. The number of hydrogen-bond acceptors (Lipinski definition) is 10. The molecule has 1 aliphatic heterocycles. The summed E-state index contributed by atoms with van der Waals surface area (Å²) < 4.78 is 93.4. The van der Waals surface area contributed by atoms with E-state index in [1.165, 1.54) is 6.92 Å². The van der Waals surface area contributed by atoms with E-state index < -0.39 is 80.3 Å². The van der Waals surface area contributed by atoms with Crippen LogP contribution in [0.2, 0.25) is 0 Å². The summed E-state index contributed by atoms with van der Waals surface area (Å²) >= 11 is 0. The van der Waals surface area contributed by atoms with Gasteiger partial charge in [0.25, 0.3) is 5.91 Å². The fourth-order valence-electron chi connectivity index (χ4n) is 6.37. The number of nitrogens with one attached hydrogen (secondary N) is 2. The van der Waals surface area contributed by atoms with Crippen LogP contribution in [-0.2, 0) is 53.1 Å². The number of aryl methyl sites for hydroxylation is 1. The molecule has 1 aliphatic rings. The molecule has 0 spiro atoms. The number of carbonyl (C=O) groups excluding carboxylic acids is 3. The minimum Gasteiger partial charge on any atom is -0.475 e. The maximum absolute atomic E-state index is 14.2. The molecule has 0 aromatic heterocycles. The monoisotopic (exact) mass is 850 g/mol. The van der Waals surface area contributed by atoms with E-state index in [0.717, 1.165) is 29.7 Å². The van der Waals surface area contributed by atoms with Gasteiger partial charge in [0.05, 0.1) is 23.1 Å². The minimum atomic E-state index is -5.08. The van der Waals surface area contributed by atoms with Crippen LogP contribution in [0.15, 0.2) is 42.5 Å². The zero-order chi connectivity index (χ0) is 43.8. The van der Waals surface area contributed by atoms with Gasteiger partial charge < -0.3 is 36.2 Å². The molecule has 1 saturated heterocycles. The van der Waals surface area contributed by atoms with Crippen molar-refractivity contribution in [3.05, 3.63) is 70.8 Å². The maximum Gasteiger partial charge on any atom is 0.490 e. The number of alkyl halides is 3. The molecule has 19 heteroatoms. The van der Waals surface area contributed by atoms with E-state index in [0.29, 0.717) is 51.4 Å². The Hall–Kier alpha value is -4.20. The minimum absolute atomic E-state index is 0.0801. The number of ether oxygens (including phenoxy) is 1. The number of amides is 2. The molecule has 3 rings (SSSR count). The first-order chi connectivity index (χ1) is 27.1. The van der Waals surface area contributed by atoms with E-state index in [2.05, 4.69) is 10.6 Å². The molecule has 3 atom stereocenters. The SMILES string of the molecule is CCCC(CCC)S(=O)(=O)CC(N)(C(=O)N[C@@H](Cc1cc(F)cc(F)c1)[C@H](O)CNCc1cccc(CC)c1)C(=O)OC1CCN(C(C)=O)CC1.O=C(O)C(F)(F)F. The molecule has 13 nitrogen and oxygen atoms in total. The second kappa shape index (κ2) is 22.8. The second-order valence-electron chi connectivity index (χ2n) is 14.3. The molecule has 0 saturated carbocycles. The Labute approximate surface area is 335 Å². The highest BCUT2D eigenvalue weighted by molar-refractivity contribution is 7.92. The summed E-state index contributed by atoms with van der Waals surface area (Å²) in [5, 5.41) is 23.3. The number of aliphatic hydroxyl groups is 1. The molecule has 0 bridgehead atoms. The average Bonchev–Trinajstić information content (AvgIpc) is 3.13. The molecule has 58 heavy (non-hydrogen) atoms. The Morgan fingerprint density at radius 3 is 2.00 bits per heavy atom. The largest absolute Gasteiger partial charge is 0.490 e. The lowest BCUT2D eigenvalue weighted by atomic mass is 9.97. The topological polar surface area (TPSA) is 205 Å². The molecule has 1 fully saturated rings. The van der Waals surface area contributed by atoms with Gasteiger partial charge in [-0.05, 0) is 54.5 Å². The van der Waals surface area contributed by atoms with Crippen LogP contribution in [0.25, 0.3) is 0 Å². The molecule has 2 aromatic rings. The summed E-state index contributed by atoms with van der Waals surface area (Å²) in [6.45, 7) is 8.01. The van der Waals surface area contributed by atoms with Gasteiger partial charge >= 0.3 is 18.1 Å². The van der Waals surface area contributed by atoms with Gasteiger partial charge in [-0.1, -0.05) is 57.9 Å². The molecule has 1 unspecified atom stereocenters. The van der Waals surface area contributed by atoms with Crippen molar-refractivity contribution in [1.29, 1.82) is 0 Å². The van der Waals surface area contributed by atoms with E-state index in [1.807, 2.05) is 45.0 Å². The van der Waals surface area contributed by atoms with Crippen LogP contribution in [-0.4, -0.2) is 108 Å². The molecular formula is C39H55F5N4O9S. The van der Waals surface area contributed by atoms with Crippen LogP contribution < -0.4 is 16.4 Å². The van der Waals surface area contributed by atoms with Crippen molar-refractivity contribution >= 4 is 33.6 Å². The lowest BCUT2D eigenvalue weighted by molar-refractivity contribution is -0.192. The molecule has 6 N–H and O–H groups in total. The number of carboxylic acids is 1. The van der Waals surface area contributed by atoms with Crippen molar-refractivity contribution in [2.75, 3.05) is 25.4 Å². The quantitative estimate of drug-likeness (QED) is 0.0777. The third-order valence-corrected chi connectivity index (χ3v) is 11.9. The molecular weight excluding hydrogens is 796 g/mol. The predicted octanol–water partition coefficient (Wildman–Crippen LogP) is 3.97. The molecule has 0 radical (unpaired) electrons. The Balaban J connectivity index is 0.00000151. The highest BCUT2D eigenvalue weighted by atomic mass is 32.2. The summed E-state index contributed by atoms with van der Waals surface area (Å²) in [4.78, 5) is 50.3. The summed E-state index contributed by atoms with van der Waals surface area (Å²) in [6.07, 6.45) is -4.39. The Kier molecular flexibility index (Phi) is 19.6. The number of carbonyl (C=O) groups is 4. The number of rotatable bonds is 19. The van der Waals surface area contributed by atoms with Gasteiger partial charge in [-0.25, -0.2) is 26.8 Å². The first kappa shape index (κ1) is 49.9. The highest BCUT2D eigenvalue weighted by Gasteiger charge is 2.50. The van der Waals surface area contributed by atoms with Crippen molar-refractivity contribution in [3.8, 4) is 0 Å². The Bertz CT molecular complexity index is 1770. The predicted molar refractivity (Wildman–Crippen MR) is 205 cm³/mol. The van der Waals surface area contributed by atoms with Crippen LogP contribution in [0.5, 0.6) is 0 Å². The third-order valence-electron chi connectivity index (χ3n) is 9.57. The van der Waals surface area contributed by atoms with E-state index in [9.17, 15) is 49.9 Å². The number of nitrogens with zero attached hydrogens (tertiary/aromatic N) is 1. The standard InChI is InChI=1S/C37H54F2N4O7S.C2HF3O2/c1-5-9-32(10-6-2)51(48,49)24-37(40,36(47)50-31-13-15-43(16-14-31)25(4)44)35(46)42-33(20-28-18-29(38)21-30(39)19-28)34(45)23-41-22-27-12-8-11-26(7-3)17-27;3-2(4,5)1(6)7/h8,11-12,17-19,21,31-34,41,45H,5-7,9-10,13-16,20,22-24,40H2,1-4H3,(H,42,46);(H,6,7)/t33-,34+,37?;/m0./s1. The number of halogens is 5. The number of nitrogens with two attached hydrogens (primary N) is 1. The van der Waals surface area contributed by atoms with E-state index in [4.69, 9.17) is 20.4 Å². The number of benzene rings is 2. The zero-order valence-electron chi connectivity index (χ0n) is 33.1. The highest BCUT2D eigenvalue weighted by Crippen LogP contribution is 2.23. The summed E-state index contributed by atoms with van der Waals surface area (Å²) in [5.74, 6) is -8.14. The molecule has 1 heterocycles. The molecule has 2 amide bonds. The first-order valence-corrected chi connectivity index (χ1v) is 20.8. The lowest BCUT2D eigenvalue weighted by Crippen LogP contribution is -2.67. The van der Waals surface area contributed by atoms with Crippen molar-refractivity contribution in [1.82, 2.24) is 15.5 Å². The number of aliphatic hydroxyl groups excluding tert-OH is 1. The molecule has 326 valence electrons. The maximum atomic E-state index is 14.2. The Morgan fingerprint density at radius 1 is 0.948 bits per heavy atom. The smallest absolute Gasteiger partial charge is 0.475 e. The van der Waals surface area contributed by atoms with E-state index >= 15 is 0 Å². The molecule has 2 aromatic carbocycles. The number of aliphatic carboxylic acids is 1. The van der Waals surface area contributed by atoms with Crippen molar-refractivity contribution < 1.29 is 64.5 Å². The first-order valence-electron chi connectivity index (χ1n) is 19.1. The van der Waals surface area contributed by atoms with Crippen molar-refractivity contribution in [3.63, 3.8) is 0 Å². The molecule has 0 aliphatic carbocycles. The Morgan fingerprint density at radius 2 is 1.50 bits per heavy atom. The van der Waals surface area contributed by atoms with Gasteiger partial charge in [0.1, 0.15) is 17.7 Å². The van der Waals surface area contributed by atoms with Gasteiger partial charge in [0, 0.05) is 52.0 Å². The van der Waals surface area contributed by atoms with Gasteiger partial charge in [-0.15, -0.1) is 0 Å². The van der Waals surface area contributed by atoms with E-state index in [1.54, 1.807) is 4.90 Å². The summed E-state index contributed by atoms with van der Waals surface area (Å²) in [5.41, 5.74) is 5.99. The van der Waals surface area contributed by atoms with Crippen molar-refractivity contribution in [2.45, 2.75) is 121 Å². The van der Waals surface area contributed by atoms with Crippen LogP contribution >= 0.6 is 0 Å². The van der Waals surface area contributed by atoms with Crippen LogP contribution in [0.3, 0.4) is 0 Å². The van der Waals surface area contributed by atoms with Gasteiger partial charge in [0.2, 0.25) is 11.4 Å². The fourth-order valence-corrected chi connectivity index (χ4v) is 8.68. The number of esters is 1. The normalized spacial score (nSPS) is 15.8. The second-order valence-corrected chi connectivity index (χ2v) is 16.6. The summed E-state index contributed by atoms with van der Waals surface area (Å²) in [6, 6.07) is 9.38. The number of carboxylic acid groups (broad SMARTS) is 1.